The number of likely N-dealkylation sites (N-methyl/N-ethyl adjacent to an activating group) is 1. The molecule has 0 spiro atoms. The molecule has 0 radical (unpaired) electrons. The number of unbranched alkanes of at least 4 members (excludes halogenated alkanes) is 26. The first-order valence-corrected chi connectivity index (χ1v) is 22.8. The molecular formula is C41H85NO7P+. The van der Waals surface area contributed by atoms with Crippen molar-refractivity contribution >= 4 is 13.8 Å². The van der Waals surface area contributed by atoms with Crippen LogP contribution in [0.5, 0.6) is 0 Å². The monoisotopic (exact) mass is 735 g/mol. The van der Waals surface area contributed by atoms with Gasteiger partial charge in [0.15, 0.2) is 0 Å². The Morgan fingerprint density at radius 2 is 0.920 bits per heavy atom. The van der Waals surface area contributed by atoms with Crippen LogP contribution < -0.4 is 0 Å². The Kier molecular flexibility index (Phi) is 35.2. The predicted molar refractivity (Wildman–Crippen MR) is 211 cm³/mol. The summed E-state index contributed by atoms with van der Waals surface area (Å²) in [6.45, 7) is 5.67. The van der Waals surface area contributed by atoms with Gasteiger partial charge in [-0.3, -0.25) is 13.8 Å². The van der Waals surface area contributed by atoms with Crippen LogP contribution in [0.15, 0.2) is 0 Å². The van der Waals surface area contributed by atoms with Crippen LogP contribution in [0.1, 0.15) is 200 Å². The van der Waals surface area contributed by atoms with Gasteiger partial charge >= 0.3 is 13.8 Å². The molecule has 50 heavy (non-hydrogen) atoms. The zero-order valence-corrected chi connectivity index (χ0v) is 34.8. The van der Waals surface area contributed by atoms with E-state index in [-0.39, 0.29) is 25.8 Å². The van der Waals surface area contributed by atoms with E-state index in [0.717, 1.165) is 32.1 Å². The summed E-state index contributed by atoms with van der Waals surface area (Å²) in [4.78, 5) is 22.8. The first kappa shape index (κ1) is 49.5. The molecule has 0 aliphatic carbocycles. The van der Waals surface area contributed by atoms with Crippen LogP contribution in [-0.4, -0.2) is 75.6 Å². The van der Waals surface area contributed by atoms with Crippen molar-refractivity contribution < 1.29 is 37.3 Å². The maximum Gasteiger partial charge on any atom is 0.472 e. The van der Waals surface area contributed by atoms with Gasteiger partial charge in [0.1, 0.15) is 19.3 Å². The third kappa shape index (κ3) is 38.7. The standard InChI is InChI=1S/C41H84NO7P/c1-6-8-10-12-14-16-18-20-22-24-26-28-30-32-34-41(43)49-40(39-48-50(44,45)47-37-35-42(3,4)5)38-46-36-33-31-29-27-25-23-21-19-17-15-13-11-9-7-2/h40H,6-39H2,1-5H3/p+1. The van der Waals surface area contributed by atoms with E-state index in [1.165, 1.54) is 148 Å². The molecule has 0 aromatic heterocycles. The molecule has 2 atom stereocenters. The van der Waals surface area contributed by atoms with Crippen molar-refractivity contribution in [1.82, 2.24) is 0 Å². The molecule has 0 aliphatic rings. The molecule has 1 N–H and O–H groups in total. The normalized spacial score (nSPS) is 13.8. The number of carbonyl (C=O) groups is 1. The van der Waals surface area contributed by atoms with Gasteiger partial charge in [0.05, 0.1) is 34.4 Å². The highest BCUT2D eigenvalue weighted by atomic mass is 31.2. The van der Waals surface area contributed by atoms with Gasteiger partial charge in [-0.05, 0) is 12.8 Å². The number of hydrogen-bond acceptors (Lipinski definition) is 6. The third-order valence-electron chi connectivity index (χ3n) is 9.42. The Bertz CT molecular complexity index is 777. The van der Waals surface area contributed by atoms with Crippen LogP contribution in [0.3, 0.4) is 0 Å². The molecule has 0 fully saturated rings. The fraction of sp³-hybridized carbons (Fsp3) is 0.976. The molecule has 300 valence electrons. The van der Waals surface area contributed by atoms with Crippen LogP contribution in [0.2, 0.25) is 0 Å². The average Bonchev–Trinajstić information content (AvgIpc) is 3.06. The second-order valence-corrected chi connectivity index (χ2v) is 17.2. The molecule has 0 bridgehead atoms. The SMILES string of the molecule is CCCCCCCCCCCCCCCCOCC(COP(=O)(O)OCC[N+](C)(C)C)OC(=O)CCCCCCCCCCCCCCCC. The van der Waals surface area contributed by atoms with Gasteiger partial charge in [-0.2, -0.15) is 0 Å². The lowest BCUT2D eigenvalue weighted by Gasteiger charge is -2.24. The van der Waals surface area contributed by atoms with Crippen molar-refractivity contribution in [3.05, 3.63) is 0 Å². The van der Waals surface area contributed by atoms with Crippen molar-refractivity contribution in [3.8, 4) is 0 Å². The van der Waals surface area contributed by atoms with Crippen molar-refractivity contribution in [1.29, 1.82) is 0 Å². The Hall–Kier alpha value is -0.500. The molecule has 0 heterocycles. The van der Waals surface area contributed by atoms with E-state index < -0.39 is 13.9 Å². The fourth-order valence-corrected chi connectivity index (χ4v) is 6.82. The highest BCUT2D eigenvalue weighted by Crippen LogP contribution is 2.43. The largest absolute Gasteiger partial charge is 0.472 e. The van der Waals surface area contributed by atoms with Gasteiger partial charge in [0.2, 0.25) is 0 Å². The van der Waals surface area contributed by atoms with E-state index in [1.54, 1.807) is 0 Å². The van der Waals surface area contributed by atoms with Gasteiger partial charge in [-0.1, -0.05) is 181 Å². The molecule has 0 amide bonds. The first-order valence-electron chi connectivity index (χ1n) is 21.3. The zero-order valence-electron chi connectivity index (χ0n) is 33.9. The summed E-state index contributed by atoms with van der Waals surface area (Å²) in [6.07, 6.45) is 35.5. The Labute approximate surface area is 310 Å². The second-order valence-electron chi connectivity index (χ2n) is 15.7. The molecular weight excluding hydrogens is 649 g/mol. The number of phosphoric ester groups is 1. The molecule has 0 saturated carbocycles. The number of ether oxygens (including phenoxy) is 2. The van der Waals surface area contributed by atoms with Crippen LogP contribution in [-0.2, 0) is 27.9 Å². The smallest absolute Gasteiger partial charge is 0.457 e. The molecule has 0 aromatic rings. The van der Waals surface area contributed by atoms with Gasteiger partial charge in [-0.25, -0.2) is 4.57 Å². The van der Waals surface area contributed by atoms with Crippen molar-refractivity contribution in [3.63, 3.8) is 0 Å². The molecule has 0 aromatic carbocycles. The number of nitrogens with zero attached hydrogens (tertiary/aromatic N) is 1. The third-order valence-corrected chi connectivity index (χ3v) is 10.4. The van der Waals surface area contributed by atoms with Crippen molar-refractivity contribution in [2.75, 3.05) is 54.1 Å². The summed E-state index contributed by atoms with van der Waals surface area (Å²) in [5.41, 5.74) is 0. The number of quaternary nitrogens is 1. The van der Waals surface area contributed by atoms with Crippen molar-refractivity contribution in [2.45, 2.75) is 206 Å². The molecule has 9 heteroatoms. The fourth-order valence-electron chi connectivity index (χ4n) is 6.08. The van der Waals surface area contributed by atoms with E-state index in [1.807, 2.05) is 21.1 Å². The topological polar surface area (TPSA) is 91.3 Å². The van der Waals surface area contributed by atoms with E-state index in [9.17, 15) is 14.3 Å². The van der Waals surface area contributed by atoms with E-state index in [4.69, 9.17) is 18.5 Å². The summed E-state index contributed by atoms with van der Waals surface area (Å²) < 4.78 is 35.0. The van der Waals surface area contributed by atoms with E-state index >= 15 is 0 Å². The summed E-state index contributed by atoms with van der Waals surface area (Å²) in [5, 5.41) is 0. The lowest BCUT2D eigenvalue weighted by molar-refractivity contribution is -0.870. The minimum absolute atomic E-state index is 0.0937. The van der Waals surface area contributed by atoms with Gasteiger partial charge in [0.25, 0.3) is 0 Å². The van der Waals surface area contributed by atoms with E-state index in [0.29, 0.717) is 24.1 Å². The Balaban J connectivity index is 4.21. The van der Waals surface area contributed by atoms with Crippen LogP contribution in [0.4, 0.5) is 0 Å². The molecule has 2 unspecified atom stereocenters. The second kappa shape index (κ2) is 35.5. The summed E-state index contributed by atoms with van der Waals surface area (Å²) in [7, 11) is 1.68. The number of rotatable bonds is 40. The minimum Gasteiger partial charge on any atom is -0.457 e. The average molecular weight is 735 g/mol. The van der Waals surface area contributed by atoms with Crippen LogP contribution in [0.25, 0.3) is 0 Å². The van der Waals surface area contributed by atoms with Crippen LogP contribution in [0, 0.1) is 0 Å². The summed E-state index contributed by atoms with van der Waals surface area (Å²) in [6, 6.07) is 0. The zero-order chi connectivity index (χ0) is 37.0. The van der Waals surface area contributed by atoms with Crippen LogP contribution >= 0.6 is 7.82 Å². The minimum atomic E-state index is -4.26. The maximum absolute atomic E-state index is 12.7. The van der Waals surface area contributed by atoms with Crippen molar-refractivity contribution in [2.24, 2.45) is 0 Å². The van der Waals surface area contributed by atoms with Gasteiger partial charge in [-0.15, -0.1) is 0 Å². The number of esters is 1. The molecule has 0 rings (SSSR count). The lowest BCUT2D eigenvalue weighted by atomic mass is 10.0. The Morgan fingerprint density at radius 1 is 0.540 bits per heavy atom. The first-order chi connectivity index (χ1) is 24.1. The maximum atomic E-state index is 12.7. The highest BCUT2D eigenvalue weighted by molar-refractivity contribution is 7.47. The predicted octanol–water partition coefficient (Wildman–Crippen LogP) is 12.1. The molecule has 0 saturated heterocycles. The van der Waals surface area contributed by atoms with Gasteiger partial charge < -0.3 is 18.9 Å². The Morgan fingerprint density at radius 3 is 1.32 bits per heavy atom. The molecule has 8 nitrogen and oxygen atoms in total. The number of carbonyl (C=O) groups excluding carboxylic acids is 1. The number of hydrogen-bond donors (Lipinski definition) is 1. The summed E-state index contributed by atoms with van der Waals surface area (Å²) in [5.74, 6) is -0.309. The molecule has 0 aliphatic heterocycles. The van der Waals surface area contributed by atoms with E-state index in [2.05, 4.69) is 13.8 Å². The quantitative estimate of drug-likeness (QED) is 0.0290. The van der Waals surface area contributed by atoms with Gasteiger partial charge in [0, 0.05) is 13.0 Å². The highest BCUT2D eigenvalue weighted by Gasteiger charge is 2.26. The lowest BCUT2D eigenvalue weighted by Crippen LogP contribution is -2.37. The number of phosphoric acid groups is 1. The summed E-state index contributed by atoms with van der Waals surface area (Å²) >= 11 is 0.